The molecule has 2 atom stereocenters. The smallest absolute Gasteiger partial charge is 0.415 e. The molecular weight excluding hydrogens is 519 g/mol. The number of carbonyl (C=O) groups is 1. The third-order valence-corrected chi connectivity index (χ3v) is 8.10. The number of hydrogen-bond acceptors (Lipinski definition) is 2. The van der Waals surface area contributed by atoms with Crippen LogP contribution in [0.25, 0.3) is 0 Å². The number of quaternary nitrogens is 1. The van der Waals surface area contributed by atoms with Gasteiger partial charge >= 0.3 is 6.09 Å². The van der Waals surface area contributed by atoms with E-state index in [9.17, 15) is 9.18 Å². The molecule has 190 valence electrons. The van der Waals surface area contributed by atoms with E-state index < -0.39 is 0 Å². The van der Waals surface area contributed by atoms with E-state index in [2.05, 4.69) is 37.3 Å². The molecule has 6 heteroatoms. The zero-order valence-corrected chi connectivity index (χ0v) is 22.5. The maximum absolute atomic E-state index is 13.6. The fraction of sp³-hybridized carbons (Fsp3) is 0.367. The quantitative estimate of drug-likeness (QED) is 0.437. The van der Waals surface area contributed by atoms with Gasteiger partial charge in [0.25, 0.3) is 0 Å². The van der Waals surface area contributed by atoms with Gasteiger partial charge < -0.3 is 26.2 Å². The van der Waals surface area contributed by atoms with Crippen LogP contribution in [0.15, 0.2) is 78.9 Å². The van der Waals surface area contributed by atoms with Crippen molar-refractivity contribution in [1.29, 1.82) is 0 Å². The fourth-order valence-electron chi connectivity index (χ4n) is 5.91. The first-order valence-corrected chi connectivity index (χ1v) is 12.6. The molecule has 1 unspecified atom stereocenters. The van der Waals surface area contributed by atoms with Gasteiger partial charge in [-0.3, -0.25) is 4.90 Å². The van der Waals surface area contributed by atoms with Crippen LogP contribution < -0.4 is 21.9 Å². The number of anilines is 1. The number of piperidine rings is 3. The van der Waals surface area contributed by atoms with Gasteiger partial charge in [0.2, 0.25) is 0 Å². The first kappa shape index (κ1) is 26.4. The lowest BCUT2D eigenvalue weighted by molar-refractivity contribution is -0.972. The van der Waals surface area contributed by atoms with E-state index in [0.29, 0.717) is 18.5 Å². The first-order valence-electron chi connectivity index (χ1n) is 12.6. The van der Waals surface area contributed by atoms with Crippen LogP contribution in [0.2, 0.25) is 0 Å². The number of benzene rings is 3. The molecule has 3 saturated heterocycles. The third kappa shape index (κ3) is 5.50. The molecule has 3 aliphatic heterocycles. The number of halogens is 2. The van der Waals surface area contributed by atoms with Gasteiger partial charge in [-0.2, -0.15) is 0 Å². The van der Waals surface area contributed by atoms with Gasteiger partial charge in [-0.25, -0.2) is 9.18 Å². The summed E-state index contributed by atoms with van der Waals surface area (Å²) in [6, 6.07) is 25.3. The van der Waals surface area contributed by atoms with E-state index >= 15 is 0 Å². The number of fused-ring (bicyclic) bond motifs is 3. The van der Waals surface area contributed by atoms with Crippen molar-refractivity contribution in [3.8, 4) is 0 Å². The molecule has 6 rings (SSSR count). The van der Waals surface area contributed by atoms with Crippen LogP contribution in [0, 0.1) is 18.7 Å². The normalized spacial score (nSPS) is 23.4. The number of nitrogens with zero attached hydrogens (tertiary/aromatic N) is 2. The fourth-order valence-corrected chi connectivity index (χ4v) is 5.91. The van der Waals surface area contributed by atoms with E-state index in [1.807, 2.05) is 31.2 Å². The SMILES string of the molecule is Cc1cccc(N(Cc2ccc(F)cc2)C(=O)O[C@H]2C[N+]3(C(C)c4ccccc4)CCC2CC3)c1.[Br-]. The summed E-state index contributed by atoms with van der Waals surface area (Å²) >= 11 is 0. The molecule has 3 fully saturated rings. The topological polar surface area (TPSA) is 29.5 Å². The average Bonchev–Trinajstić information content (AvgIpc) is 2.89. The molecular formula is C30H34BrFN2O2. The number of amides is 1. The van der Waals surface area contributed by atoms with Crippen molar-refractivity contribution >= 4 is 11.8 Å². The summed E-state index contributed by atoms with van der Waals surface area (Å²) in [7, 11) is 0. The number of hydrogen-bond donors (Lipinski definition) is 0. The number of carbonyl (C=O) groups excluding carboxylic acids is 1. The summed E-state index contributed by atoms with van der Waals surface area (Å²) in [6.45, 7) is 7.77. The van der Waals surface area contributed by atoms with Gasteiger partial charge in [0.15, 0.2) is 6.10 Å². The summed E-state index contributed by atoms with van der Waals surface area (Å²) in [5.41, 5.74) is 4.07. The van der Waals surface area contributed by atoms with Crippen molar-refractivity contribution in [2.45, 2.75) is 45.4 Å². The predicted octanol–water partition coefficient (Wildman–Crippen LogP) is 3.65. The molecule has 36 heavy (non-hydrogen) atoms. The lowest BCUT2D eigenvalue weighted by Gasteiger charge is -2.55. The molecule has 3 aromatic rings. The van der Waals surface area contributed by atoms with Crippen molar-refractivity contribution < 1.29 is 35.4 Å². The monoisotopic (exact) mass is 552 g/mol. The van der Waals surface area contributed by atoms with Gasteiger partial charge in [0.05, 0.1) is 19.6 Å². The lowest BCUT2D eigenvalue weighted by Crippen LogP contribution is -3.00. The van der Waals surface area contributed by atoms with Crippen molar-refractivity contribution in [3.05, 3.63) is 101 Å². The van der Waals surface area contributed by atoms with Gasteiger partial charge in [-0.05, 0) is 49.2 Å². The van der Waals surface area contributed by atoms with Crippen molar-refractivity contribution in [2.75, 3.05) is 24.5 Å². The van der Waals surface area contributed by atoms with Crippen LogP contribution in [-0.2, 0) is 11.3 Å². The highest BCUT2D eigenvalue weighted by atomic mass is 79.9. The molecule has 3 heterocycles. The number of aryl methyl sites for hydroxylation is 1. The summed E-state index contributed by atoms with van der Waals surface area (Å²) in [5, 5.41) is 0. The minimum atomic E-state index is -0.329. The molecule has 1 amide bonds. The molecule has 0 saturated carbocycles. The largest absolute Gasteiger partial charge is 1.00 e. The summed E-state index contributed by atoms with van der Waals surface area (Å²) in [5.74, 6) is 0.124. The highest BCUT2D eigenvalue weighted by molar-refractivity contribution is 5.87. The Labute approximate surface area is 224 Å². The lowest BCUT2D eigenvalue weighted by atomic mass is 9.81. The summed E-state index contributed by atoms with van der Waals surface area (Å²) < 4.78 is 20.7. The Hall–Kier alpha value is -2.70. The molecule has 0 spiro atoms. The molecule has 0 aromatic heterocycles. The molecule has 0 N–H and O–H groups in total. The maximum Gasteiger partial charge on any atom is 0.415 e. The van der Waals surface area contributed by atoms with E-state index in [1.165, 1.54) is 17.7 Å². The van der Waals surface area contributed by atoms with Crippen LogP contribution in [0.4, 0.5) is 14.9 Å². The highest BCUT2D eigenvalue weighted by Gasteiger charge is 2.50. The predicted molar refractivity (Wildman–Crippen MR) is 136 cm³/mol. The zero-order valence-electron chi connectivity index (χ0n) is 20.9. The van der Waals surface area contributed by atoms with Crippen molar-refractivity contribution in [2.24, 2.45) is 5.92 Å². The second-order valence-corrected chi connectivity index (χ2v) is 10.2. The van der Waals surface area contributed by atoms with Crippen molar-refractivity contribution in [3.63, 3.8) is 0 Å². The van der Waals surface area contributed by atoms with Gasteiger partial charge in [0, 0.05) is 30.0 Å². The molecule has 2 bridgehead atoms. The zero-order chi connectivity index (χ0) is 24.4. The Balaban J connectivity index is 0.00000304. The second kappa shape index (κ2) is 11.1. The van der Waals surface area contributed by atoms with Crippen LogP contribution in [0.5, 0.6) is 0 Å². The van der Waals surface area contributed by atoms with Crippen LogP contribution in [0.3, 0.4) is 0 Å². The van der Waals surface area contributed by atoms with Crippen molar-refractivity contribution in [1.82, 2.24) is 0 Å². The highest BCUT2D eigenvalue weighted by Crippen LogP contribution is 2.42. The number of ether oxygens (including phenoxy) is 1. The Morgan fingerprint density at radius 1 is 1.03 bits per heavy atom. The first-order chi connectivity index (χ1) is 16.9. The molecule has 4 nitrogen and oxygen atoms in total. The van der Waals surface area contributed by atoms with E-state index in [0.717, 1.165) is 53.8 Å². The van der Waals surface area contributed by atoms with E-state index in [4.69, 9.17) is 4.74 Å². The average molecular weight is 554 g/mol. The maximum atomic E-state index is 13.6. The van der Waals surface area contributed by atoms with E-state index in [-0.39, 0.29) is 35.0 Å². The molecule has 3 aromatic carbocycles. The second-order valence-electron chi connectivity index (χ2n) is 10.2. The Morgan fingerprint density at radius 2 is 1.72 bits per heavy atom. The van der Waals surface area contributed by atoms with Crippen LogP contribution in [0.1, 0.15) is 42.5 Å². The van der Waals surface area contributed by atoms with Gasteiger partial charge in [0.1, 0.15) is 18.4 Å². The molecule has 3 aliphatic rings. The minimum absolute atomic E-state index is 0. The third-order valence-electron chi connectivity index (χ3n) is 8.10. The van der Waals surface area contributed by atoms with Crippen LogP contribution in [-0.4, -0.2) is 36.3 Å². The number of rotatable bonds is 6. The van der Waals surface area contributed by atoms with Crippen LogP contribution >= 0.6 is 0 Å². The standard InChI is InChI=1S/C30H34FN2O2.BrH/c1-22-7-6-10-28(19-22)32(20-24-11-13-27(31)14-12-24)30(34)35-29-21-33(17-15-26(29)16-18-33)23(2)25-8-4-3-5-9-25;/h3-14,19,23,26,29H,15-18,20-21H2,1-2H3;1H/q+1;/p-1/t23?,26?,29-,33?;/m0./s1. The summed E-state index contributed by atoms with van der Waals surface area (Å²) in [6.07, 6.45) is 1.73. The van der Waals surface area contributed by atoms with E-state index in [1.54, 1.807) is 17.0 Å². The van der Waals surface area contributed by atoms with Gasteiger partial charge in [-0.15, -0.1) is 0 Å². The Kier molecular flexibility index (Phi) is 8.16. The minimum Gasteiger partial charge on any atom is -1.00 e. The summed E-state index contributed by atoms with van der Waals surface area (Å²) in [4.78, 5) is 15.3. The van der Waals surface area contributed by atoms with Gasteiger partial charge in [-0.1, -0.05) is 54.6 Å². The Bertz CT molecular complexity index is 1160. The molecule has 0 aliphatic carbocycles. The Morgan fingerprint density at radius 3 is 2.39 bits per heavy atom. The molecule has 0 radical (unpaired) electrons.